The maximum Gasteiger partial charge on any atom is 0.233 e. The van der Waals surface area contributed by atoms with Gasteiger partial charge in [-0.3, -0.25) is 9.36 Å². The summed E-state index contributed by atoms with van der Waals surface area (Å²) in [6, 6.07) is 14.5. The summed E-state index contributed by atoms with van der Waals surface area (Å²) in [5, 5.41) is 9.56. The van der Waals surface area contributed by atoms with Crippen LogP contribution in [-0.2, 0) is 22.6 Å². The van der Waals surface area contributed by atoms with Crippen LogP contribution in [0, 0.1) is 5.82 Å². The Morgan fingerprint density at radius 2 is 1.97 bits per heavy atom. The van der Waals surface area contributed by atoms with Crippen LogP contribution in [0.25, 0.3) is 11.4 Å². The molecule has 2 aliphatic rings. The zero-order chi connectivity index (χ0) is 24.2. The molecule has 184 valence electrons. The van der Waals surface area contributed by atoms with E-state index in [4.69, 9.17) is 9.47 Å². The van der Waals surface area contributed by atoms with E-state index >= 15 is 0 Å². The lowest BCUT2D eigenvalue weighted by molar-refractivity contribution is -0.129. The van der Waals surface area contributed by atoms with Crippen LogP contribution < -0.4 is 4.74 Å². The summed E-state index contributed by atoms with van der Waals surface area (Å²) in [5.41, 5.74) is 1.47. The van der Waals surface area contributed by atoms with Crippen LogP contribution in [-0.4, -0.2) is 57.2 Å². The Morgan fingerprint density at radius 3 is 2.66 bits per heavy atom. The number of nitrogens with zero attached hydrogens (tertiary/aromatic N) is 4. The molecule has 1 aliphatic carbocycles. The Hall–Kier alpha value is -2.91. The van der Waals surface area contributed by atoms with E-state index in [2.05, 4.69) is 10.2 Å². The SMILES string of the molecule is COc1ccc(-c2nnc(SCC(=O)N(Cc3ccccc3F)C3CC3)n2CC2CCCO2)cc1. The lowest BCUT2D eigenvalue weighted by atomic mass is 10.2. The van der Waals surface area contributed by atoms with E-state index < -0.39 is 0 Å². The quantitative estimate of drug-likeness (QED) is 0.384. The van der Waals surface area contributed by atoms with Gasteiger partial charge in [0.25, 0.3) is 0 Å². The Labute approximate surface area is 208 Å². The van der Waals surface area contributed by atoms with Crippen LogP contribution in [0.4, 0.5) is 4.39 Å². The van der Waals surface area contributed by atoms with Gasteiger partial charge in [0.1, 0.15) is 11.6 Å². The Balaban J connectivity index is 1.33. The molecule has 2 aromatic carbocycles. The first-order valence-corrected chi connectivity index (χ1v) is 13.0. The molecule has 1 unspecified atom stereocenters. The second-order valence-electron chi connectivity index (χ2n) is 8.91. The fourth-order valence-electron chi connectivity index (χ4n) is 4.33. The summed E-state index contributed by atoms with van der Waals surface area (Å²) >= 11 is 1.37. The Morgan fingerprint density at radius 1 is 1.17 bits per heavy atom. The molecule has 1 amide bonds. The zero-order valence-electron chi connectivity index (χ0n) is 19.7. The van der Waals surface area contributed by atoms with E-state index in [1.54, 1.807) is 30.2 Å². The summed E-state index contributed by atoms with van der Waals surface area (Å²) < 4.78 is 27.4. The van der Waals surface area contributed by atoms with Crippen LogP contribution in [0.5, 0.6) is 5.75 Å². The van der Waals surface area contributed by atoms with Gasteiger partial charge in [0.05, 0.1) is 25.5 Å². The van der Waals surface area contributed by atoms with Gasteiger partial charge in [-0.05, 0) is 56.0 Å². The highest BCUT2D eigenvalue weighted by Crippen LogP contribution is 2.31. The molecular formula is C26H29FN4O3S. The number of thioether (sulfide) groups is 1. The second-order valence-corrected chi connectivity index (χ2v) is 9.86. The minimum atomic E-state index is -0.279. The van der Waals surface area contributed by atoms with Gasteiger partial charge in [0.15, 0.2) is 11.0 Å². The predicted octanol–water partition coefficient (Wildman–Crippen LogP) is 4.56. The van der Waals surface area contributed by atoms with E-state index in [0.717, 1.165) is 49.4 Å². The fourth-order valence-corrected chi connectivity index (χ4v) is 5.17. The predicted molar refractivity (Wildman–Crippen MR) is 132 cm³/mol. The normalized spacial score (nSPS) is 17.5. The van der Waals surface area contributed by atoms with Crippen molar-refractivity contribution in [3.8, 4) is 17.1 Å². The van der Waals surface area contributed by atoms with Gasteiger partial charge in [0, 0.05) is 30.3 Å². The standard InChI is InChI=1S/C26H29FN4O3S/c1-33-21-12-8-18(9-13-21)25-28-29-26(31(25)16-22-6-4-14-34-22)35-17-24(32)30(20-10-11-20)15-19-5-2-3-7-23(19)27/h2-3,5,7-9,12-13,20,22H,4,6,10-11,14-17H2,1H3. The number of carbonyl (C=O) groups excluding carboxylic acids is 1. The molecule has 2 heterocycles. The molecule has 0 radical (unpaired) electrons. The first kappa shape index (κ1) is 23.8. The average molecular weight is 497 g/mol. The first-order chi connectivity index (χ1) is 17.1. The topological polar surface area (TPSA) is 69.5 Å². The number of rotatable bonds is 10. The third-order valence-corrected chi connectivity index (χ3v) is 7.36. The molecule has 1 aromatic heterocycles. The molecular weight excluding hydrogens is 467 g/mol. The minimum Gasteiger partial charge on any atom is -0.497 e. The number of methoxy groups -OCH3 is 1. The lowest BCUT2D eigenvalue weighted by Gasteiger charge is -2.23. The van der Waals surface area contributed by atoms with Gasteiger partial charge in [-0.2, -0.15) is 0 Å². The van der Waals surface area contributed by atoms with Crippen molar-refractivity contribution in [1.82, 2.24) is 19.7 Å². The molecule has 0 bridgehead atoms. The molecule has 0 spiro atoms. The Kier molecular flexibility index (Phi) is 7.34. The monoisotopic (exact) mass is 496 g/mol. The summed E-state index contributed by atoms with van der Waals surface area (Å²) in [5.74, 6) is 1.44. The molecule has 35 heavy (non-hydrogen) atoms. The highest BCUT2D eigenvalue weighted by molar-refractivity contribution is 7.99. The molecule has 7 nitrogen and oxygen atoms in total. The summed E-state index contributed by atoms with van der Waals surface area (Å²) in [6.07, 6.45) is 4.05. The van der Waals surface area contributed by atoms with Gasteiger partial charge in [-0.15, -0.1) is 10.2 Å². The minimum absolute atomic E-state index is 0.0154. The third-order valence-electron chi connectivity index (χ3n) is 6.41. The van der Waals surface area contributed by atoms with Gasteiger partial charge < -0.3 is 14.4 Å². The number of hydrogen-bond donors (Lipinski definition) is 0. The van der Waals surface area contributed by atoms with Crippen LogP contribution >= 0.6 is 11.8 Å². The number of halogens is 1. The van der Waals surface area contributed by atoms with E-state index in [0.29, 0.717) is 17.3 Å². The molecule has 1 saturated heterocycles. The summed E-state index contributed by atoms with van der Waals surface area (Å²) in [7, 11) is 1.64. The number of aromatic nitrogens is 3. The van der Waals surface area contributed by atoms with Crippen molar-refractivity contribution in [3.63, 3.8) is 0 Å². The summed E-state index contributed by atoms with van der Waals surface area (Å²) in [6.45, 7) is 1.68. The largest absolute Gasteiger partial charge is 0.497 e. The summed E-state index contributed by atoms with van der Waals surface area (Å²) in [4.78, 5) is 15.0. The van der Waals surface area contributed by atoms with Crippen LogP contribution in [0.1, 0.15) is 31.2 Å². The Bertz CT molecular complexity index is 1160. The number of benzene rings is 2. The molecule has 0 N–H and O–H groups in total. The van der Waals surface area contributed by atoms with Gasteiger partial charge in [0.2, 0.25) is 5.91 Å². The smallest absolute Gasteiger partial charge is 0.233 e. The van der Waals surface area contributed by atoms with Crippen molar-refractivity contribution in [2.24, 2.45) is 0 Å². The maximum absolute atomic E-state index is 14.2. The highest BCUT2D eigenvalue weighted by atomic mass is 32.2. The van der Waals surface area contributed by atoms with Crippen LogP contribution in [0.2, 0.25) is 0 Å². The van der Waals surface area contributed by atoms with Gasteiger partial charge >= 0.3 is 0 Å². The zero-order valence-corrected chi connectivity index (χ0v) is 20.5. The molecule has 1 aliphatic heterocycles. The van der Waals surface area contributed by atoms with E-state index in [-0.39, 0.29) is 36.2 Å². The van der Waals surface area contributed by atoms with Crippen LogP contribution in [0.3, 0.4) is 0 Å². The van der Waals surface area contributed by atoms with E-state index in [1.807, 2.05) is 28.8 Å². The fraction of sp³-hybridized carbons (Fsp3) is 0.423. The molecule has 9 heteroatoms. The highest BCUT2D eigenvalue weighted by Gasteiger charge is 2.33. The average Bonchev–Trinajstić information content (AvgIpc) is 3.44. The molecule has 5 rings (SSSR count). The van der Waals surface area contributed by atoms with Crippen molar-refractivity contribution in [1.29, 1.82) is 0 Å². The molecule has 1 saturated carbocycles. The van der Waals surface area contributed by atoms with Crippen molar-refractivity contribution in [3.05, 3.63) is 59.9 Å². The molecule has 1 atom stereocenters. The molecule has 3 aromatic rings. The second kappa shape index (κ2) is 10.8. The van der Waals surface area contributed by atoms with Crippen LogP contribution in [0.15, 0.2) is 53.7 Å². The number of amides is 1. The van der Waals surface area contributed by atoms with Crippen molar-refractivity contribution in [2.45, 2.75) is 56.1 Å². The van der Waals surface area contributed by atoms with Crippen molar-refractivity contribution in [2.75, 3.05) is 19.5 Å². The first-order valence-electron chi connectivity index (χ1n) is 12.0. The number of hydrogen-bond acceptors (Lipinski definition) is 6. The van der Waals surface area contributed by atoms with E-state index in [9.17, 15) is 9.18 Å². The third kappa shape index (κ3) is 5.67. The van der Waals surface area contributed by atoms with Crippen molar-refractivity contribution < 1.29 is 18.7 Å². The number of ether oxygens (including phenoxy) is 2. The number of carbonyl (C=O) groups is 1. The van der Waals surface area contributed by atoms with Gasteiger partial charge in [-0.1, -0.05) is 30.0 Å². The van der Waals surface area contributed by atoms with Crippen molar-refractivity contribution >= 4 is 17.7 Å². The lowest BCUT2D eigenvalue weighted by Crippen LogP contribution is -2.34. The van der Waals surface area contributed by atoms with E-state index in [1.165, 1.54) is 17.8 Å². The molecule has 2 fully saturated rings. The maximum atomic E-state index is 14.2. The van der Waals surface area contributed by atoms with Gasteiger partial charge in [-0.25, -0.2) is 4.39 Å².